The van der Waals surface area contributed by atoms with E-state index in [4.69, 9.17) is 4.74 Å². The van der Waals surface area contributed by atoms with Gasteiger partial charge in [0.1, 0.15) is 11.4 Å². The average Bonchev–Trinajstić information content (AvgIpc) is 2.42. The number of carbonyl (C=O) groups is 1. The lowest BCUT2D eigenvalue weighted by Crippen LogP contribution is -2.65. The number of rotatable bonds is 0. The summed E-state index contributed by atoms with van der Waals surface area (Å²) in [7, 11) is 0. The molecular formula is C20H29NO3. The van der Waals surface area contributed by atoms with Crippen LogP contribution in [0.25, 0.3) is 0 Å². The molecule has 1 fully saturated rings. The van der Waals surface area contributed by atoms with Crippen molar-refractivity contribution in [2.45, 2.75) is 71.4 Å². The van der Waals surface area contributed by atoms with Crippen LogP contribution in [0.4, 0.5) is 4.79 Å². The summed E-state index contributed by atoms with van der Waals surface area (Å²) in [6.45, 7) is 13.1. The maximum atomic E-state index is 12.7. The molecule has 1 aromatic rings. The number of ether oxygens (including phenoxy) is 1. The Morgan fingerprint density at radius 3 is 2.58 bits per heavy atom. The monoisotopic (exact) mass is 331 g/mol. The smallest absolute Gasteiger partial charge is 0.410 e. The summed E-state index contributed by atoms with van der Waals surface area (Å²) < 4.78 is 5.65. The van der Waals surface area contributed by atoms with E-state index in [2.05, 4.69) is 20.8 Å². The lowest BCUT2D eigenvalue weighted by molar-refractivity contribution is -0.0522. The highest BCUT2D eigenvalue weighted by molar-refractivity contribution is 5.69. The standard InChI is InChI=1S/C20H29NO3/c1-18(2,3)24-17(23)21-10-9-20(6)15-12-14(22)8-7-13(15)11-16(21)19(20,4)5/h7-8,12,16,22H,9-11H2,1-6H3. The van der Waals surface area contributed by atoms with Gasteiger partial charge in [0.2, 0.25) is 0 Å². The highest BCUT2D eigenvalue weighted by Crippen LogP contribution is 2.56. The van der Waals surface area contributed by atoms with Crippen LogP contribution in [-0.2, 0) is 16.6 Å². The molecule has 1 saturated heterocycles. The van der Waals surface area contributed by atoms with E-state index in [9.17, 15) is 9.90 Å². The largest absolute Gasteiger partial charge is 0.508 e. The van der Waals surface area contributed by atoms with Crippen LogP contribution in [-0.4, -0.2) is 34.3 Å². The Morgan fingerprint density at radius 1 is 1.29 bits per heavy atom. The molecule has 0 saturated carbocycles. The molecule has 2 aliphatic rings. The molecule has 4 nitrogen and oxygen atoms in total. The van der Waals surface area contributed by atoms with E-state index in [1.54, 1.807) is 6.07 Å². The summed E-state index contributed by atoms with van der Waals surface area (Å²) in [4.78, 5) is 14.7. The van der Waals surface area contributed by atoms with Gasteiger partial charge in [-0.1, -0.05) is 26.8 Å². The SMILES string of the molecule is CC(C)(C)OC(=O)N1CCC2(C)c3cc(O)ccc3CC1C2(C)C. The van der Waals surface area contributed by atoms with Crippen LogP contribution in [0.1, 0.15) is 59.1 Å². The number of amides is 1. The number of hydrogen-bond acceptors (Lipinski definition) is 3. The van der Waals surface area contributed by atoms with Gasteiger partial charge in [-0.05, 0) is 62.3 Å². The molecule has 3 rings (SSSR count). The molecule has 4 heteroatoms. The number of phenols is 1. The first kappa shape index (κ1) is 17.1. The summed E-state index contributed by atoms with van der Waals surface area (Å²) in [6.07, 6.45) is 1.45. The predicted molar refractivity (Wildman–Crippen MR) is 94.3 cm³/mol. The van der Waals surface area contributed by atoms with Gasteiger partial charge in [-0.15, -0.1) is 0 Å². The Balaban J connectivity index is 2.01. The number of likely N-dealkylation sites (tertiary alicyclic amines) is 1. The van der Waals surface area contributed by atoms with Crippen molar-refractivity contribution in [1.82, 2.24) is 4.90 Å². The second-order valence-corrected chi connectivity index (χ2v) is 9.04. The van der Waals surface area contributed by atoms with Gasteiger partial charge in [0.15, 0.2) is 0 Å². The minimum atomic E-state index is -0.486. The van der Waals surface area contributed by atoms with Gasteiger partial charge in [0, 0.05) is 18.0 Å². The van der Waals surface area contributed by atoms with Crippen LogP contribution in [0.15, 0.2) is 18.2 Å². The Bertz CT molecular complexity index is 674. The third-order valence-corrected chi connectivity index (χ3v) is 6.21. The summed E-state index contributed by atoms with van der Waals surface area (Å²) in [5.41, 5.74) is 1.81. The van der Waals surface area contributed by atoms with Crippen molar-refractivity contribution in [3.63, 3.8) is 0 Å². The third-order valence-electron chi connectivity index (χ3n) is 6.21. The molecular weight excluding hydrogens is 302 g/mol. The van der Waals surface area contributed by atoms with Gasteiger partial charge in [-0.25, -0.2) is 4.79 Å². The molecule has 1 heterocycles. The van der Waals surface area contributed by atoms with Gasteiger partial charge in [0.05, 0.1) is 0 Å². The quantitative estimate of drug-likeness (QED) is 0.773. The van der Waals surface area contributed by atoms with Crippen LogP contribution >= 0.6 is 0 Å². The third kappa shape index (κ3) is 2.47. The average molecular weight is 331 g/mol. The highest BCUT2D eigenvalue weighted by atomic mass is 16.6. The van der Waals surface area contributed by atoms with Crippen molar-refractivity contribution in [3.8, 4) is 5.75 Å². The Morgan fingerprint density at radius 2 is 1.96 bits per heavy atom. The zero-order valence-electron chi connectivity index (χ0n) is 15.6. The molecule has 132 valence electrons. The molecule has 0 radical (unpaired) electrons. The van der Waals surface area contributed by atoms with Crippen LogP contribution in [0.5, 0.6) is 5.75 Å². The molecule has 2 bridgehead atoms. The highest BCUT2D eigenvalue weighted by Gasteiger charge is 2.57. The molecule has 1 N–H and O–H groups in total. The van der Waals surface area contributed by atoms with E-state index in [1.807, 2.05) is 37.8 Å². The van der Waals surface area contributed by atoms with Crippen LogP contribution in [0.3, 0.4) is 0 Å². The Labute approximate surface area is 144 Å². The molecule has 1 amide bonds. The van der Waals surface area contributed by atoms with Gasteiger partial charge < -0.3 is 14.7 Å². The summed E-state index contributed by atoms with van der Waals surface area (Å²) in [5.74, 6) is 0.318. The summed E-state index contributed by atoms with van der Waals surface area (Å²) in [5, 5.41) is 9.95. The number of carbonyl (C=O) groups excluding carboxylic acids is 1. The van der Waals surface area contributed by atoms with Crippen molar-refractivity contribution in [3.05, 3.63) is 29.3 Å². The minimum Gasteiger partial charge on any atom is -0.508 e. The lowest BCUT2D eigenvalue weighted by Gasteiger charge is -2.60. The molecule has 2 atom stereocenters. The zero-order valence-corrected chi connectivity index (χ0v) is 15.6. The minimum absolute atomic E-state index is 0.0670. The van der Waals surface area contributed by atoms with E-state index in [-0.39, 0.29) is 23.0 Å². The molecule has 0 spiro atoms. The van der Waals surface area contributed by atoms with E-state index >= 15 is 0 Å². The fraction of sp³-hybridized carbons (Fsp3) is 0.650. The zero-order chi connectivity index (χ0) is 17.9. The second-order valence-electron chi connectivity index (χ2n) is 9.04. The second kappa shape index (κ2) is 5.14. The fourth-order valence-electron chi connectivity index (χ4n) is 4.43. The number of benzene rings is 1. The van der Waals surface area contributed by atoms with E-state index in [0.717, 1.165) is 12.8 Å². The first-order valence-electron chi connectivity index (χ1n) is 8.78. The number of aromatic hydroxyl groups is 1. The normalized spacial score (nSPS) is 28.2. The number of piperidine rings is 1. The van der Waals surface area contributed by atoms with E-state index in [0.29, 0.717) is 12.3 Å². The van der Waals surface area contributed by atoms with Gasteiger partial charge in [-0.2, -0.15) is 0 Å². The molecule has 24 heavy (non-hydrogen) atoms. The van der Waals surface area contributed by atoms with Crippen molar-refractivity contribution in [2.75, 3.05) is 6.54 Å². The molecule has 0 aromatic heterocycles. The topological polar surface area (TPSA) is 49.8 Å². The van der Waals surface area contributed by atoms with Gasteiger partial charge in [-0.3, -0.25) is 0 Å². The maximum absolute atomic E-state index is 12.7. The van der Waals surface area contributed by atoms with E-state index < -0.39 is 5.60 Å². The molecule has 1 aromatic carbocycles. The van der Waals surface area contributed by atoms with Crippen LogP contribution in [0.2, 0.25) is 0 Å². The van der Waals surface area contributed by atoms with E-state index in [1.165, 1.54) is 11.1 Å². The van der Waals surface area contributed by atoms with Gasteiger partial charge >= 0.3 is 6.09 Å². The maximum Gasteiger partial charge on any atom is 0.410 e. The fourth-order valence-corrected chi connectivity index (χ4v) is 4.43. The van der Waals surface area contributed by atoms with Crippen molar-refractivity contribution < 1.29 is 14.6 Å². The Kier molecular flexibility index (Phi) is 3.67. The number of hydrogen-bond donors (Lipinski definition) is 1. The number of nitrogens with zero attached hydrogens (tertiary/aromatic N) is 1. The molecule has 2 unspecified atom stereocenters. The number of phenolic OH excluding ortho intramolecular Hbond substituents is 1. The summed E-state index contributed by atoms with van der Waals surface area (Å²) in [6, 6.07) is 5.76. The first-order chi connectivity index (χ1) is 11.0. The summed E-state index contributed by atoms with van der Waals surface area (Å²) >= 11 is 0. The van der Waals surface area contributed by atoms with Crippen LogP contribution in [0, 0.1) is 5.41 Å². The molecule has 1 aliphatic carbocycles. The first-order valence-corrected chi connectivity index (χ1v) is 8.78. The lowest BCUT2D eigenvalue weighted by atomic mass is 9.51. The van der Waals surface area contributed by atoms with Gasteiger partial charge in [0.25, 0.3) is 0 Å². The Hall–Kier alpha value is -1.71. The van der Waals surface area contributed by atoms with Crippen molar-refractivity contribution >= 4 is 6.09 Å². The van der Waals surface area contributed by atoms with Crippen molar-refractivity contribution in [1.29, 1.82) is 0 Å². The predicted octanol–water partition coefficient (Wildman–Crippen LogP) is 4.24. The van der Waals surface area contributed by atoms with Crippen molar-refractivity contribution in [2.24, 2.45) is 5.41 Å². The molecule has 1 aliphatic heterocycles. The number of fused-ring (bicyclic) bond motifs is 4. The van der Waals surface area contributed by atoms with Crippen LogP contribution < -0.4 is 0 Å².